The Labute approximate surface area is 148 Å². The normalized spacial score (nSPS) is 23.2. The Morgan fingerprint density at radius 2 is 2.08 bits per heavy atom. The van der Waals surface area contributed by atoms with Crippen molar-refractivity contribution < 1.29 is 9.47 Å². The fourth-order valence-corrected chi connectivity index (χ4v) is 3.18. The number of hydrogen-bond acceptors (Lipinski definition) is 7. The number of amidine groups is 1. The molecule has 2 aliphatic heterocycles. The van der Waals surface area contributed by atoms with Gasteiger partial charge in [-0.1, -0.05) is 0 Å². The van der Waals surface area contributed by atoms with E-state index in [-0.39, 0.29) is 0 Å². The highest BCUT2D eigenvalue weighted by molar-refractivity contribution is 5.92. The predicted octanol–water partition coefficient (Wildman–Crippen LogP) is 1.10. The second-order valence-corrected chi connectivity index (χ2v) is 6.40. The van der Waals surface area contributed by atoms with Gasteiger partial charge in [-0.2, -0.15) is 0 Å². The van der Waals surface area contributed by atoms with E-state index in [4.69, 9.17) is 20.9 Å². The summed E-state index contributed by atoms with van der Waals surface area (Å²) in [4.78, 5) is 6.77. The first-order valence-corrected chi connectivity index (χ1v) is 8.73. The maximum absolute atomic E-state index is 6.34. The summed E-state index contributed by atoms with van der Waals surface area (Å²) in [5.74, 6) is 0.622. The van der Waals surface area contributed by atoms with Crippen molar-refractivity contribution in [2.24, 2.45) is 16.5 Å². The Balaban J connectivity index is 1.66. The van der Waals surface area contributed by atoms with Crippen molar-refractivity contribution >= 4 is 5.84 Å². The molecule has 1 fully saturated rings. The third kappa shape index (κ3) is 4.24. The highest BCUT2D eigenvalue weighted by Crippen LogP contribution is 2.32. The number of rotatable bonds is 7. The molecule has 0 radical (unpaired) electrons. The van der Waals surface area contributed by atoms with Crippen LogP contribution in [0.1, 0.15) is 24.8 Å². The molecule has 5 N–H and O–H groups in total. The molecule has 1 aromatic rings. The van der Waals surface area contributed by atoms with Crippen LogP contribution in [0.5, 0.6) is 11.5 Å². The molecule has 3 rings (SSSR count). The average molecular weight is 345 g/mol. The summed E-state index contributed by atoms with van der Waals surface area (Å²) in [7, 11) is 1.63. The van der Waals surface area contributed by atoms with E-state index < -0.39 is 5.79 Å². The van der Waals surface area contributed by atoms with Crippen LogP contribution in [0.4, 0.5) is 0 Å². The van der Waals surface area contributed by atoms with Crippen molar-refractivity contribution in [1.82, 2.24) is 10.2 Å². The van der Waals surface area contributed by atoms with Crippen LogP contribution in [0.15, 0.2) is 35.5 Å². The molecule has 0 saturated carbocycles. The van der Waals surface area contributed by atoms with Gasteiger partial charge in [0.05, 0.1) is 13.7 Å². The summed E-state index contributed by atoms with van der Waals surface area (Å²) in [6.07, 6.45) is 6.96. The summed E-state index contributed by atoms with van der Waals surface area (Å²) in [6.45, 7) is 4.10. The fraction of sp³-hybridized carbons (Fsp3) is 0.500. The summed E-state index contributed by atoms with van der Waals surface area (Å²) in [5.41, 5.74) is 12.9. The van der Waals surface area contributed by atoms with Crippen molar-refractivity contribution in [3.05, 3.63) is 36.0 Å². The van der Waals surface area contributed by atoms with Crippen molar-refractivity contribution in [3.8, 4) is 11.5 Å². The van der Waals surface area contributed by atoms with Crippen LogP contribution in [0.2, 0.25) is 0 Å². The van der Waals surface area contributed by atoms with Crippen LogP contribution < -0.4 is 26.3 Å². The number of methoxy groups -OCH3 is 1. The standard InChI is InChI=1S/C18H27N5O2/c1-24-15-6-5-14(18(20)21-8-7-17(19)22-18)13-16(15)25-12-4-11-23-9-2-3-10-23/h5-8,13,21H,2-4,9-12,20H2,1H3,(H2,19,22). The highest BCUT2D eigenvalue weighted by Gasteiger charge is 2.28. The number of hydrogen-bond donors (Lipinski definition) is 3. The quantitative estimate of drug-likeness (QED) is 0.640. The molecule has 1 atom stereocenters. The molecule has 0 spiro atoms. The summed E-state index contributed by atoms with van der Waals surface area (Å²) < 4.78 is 11.4. The van der Waals surface area contributed by atoms with Crippen molar-refractivity contribution in [1.29, 1.82) is 0 Å². The minimum atomic E-state index is -1.10. The van der Waals surface area contributed by atoms with E-state index in [1.807, 2.05) is 18.2 Å². The van der Waals surface area contributed by atoms with Gasteiger partial charge in [0.1, 0.15) is 5.84 Å². The van der Waals surface area contributed by atoms with Crippen LogP contribution in [0, 0.1) is 0 Å². The molecular weight excluding hydrogens is 318 g/mol. The van der Waals surface area contributed by atoms with Crippen LogP contribution in [0.3, 0.4) is 0 Å². The summed E-state index contributed by atoms with van der Waals surface area (Å²) in [5, 5.41) is 3.04. The lowest BCUT2D eigenvalue weighted by atomic mass is 10.1. The third-order valence-corrected chi connectivity index (χ3v) is 4.54. The minimum Gasteiger partial charge on any atom is -0.493 e. The first-order valence-electron chi connectivity index (χ1n) is 8.73. The van der Waals surface area contributed by atoms with Gasteiger partial charge in [0, 0.05) is 18.3 Å². The largest absolute Gasteiger partial charge is 0.493 e. The van der Waals surface area contributed by atoms with Gasteiger partial charge in [0.25, 0.3) is 0 Å². The Bertz CT molecular complexity index is 655. The number of nitrogens with one attached hydrogen (secondary N) is 1. The van der Waals surface area contributed by atoms with Gasteiger partial charge in [-0.25, -0.2) is 4.99 Å². The zero-order chi connectivity index (χ0) is 17.7. The van der Waals surface area contributed by atoms with Gasteiger partial charge in [0.2, 0.25) is 5.79 Å². The van der Waals surface area contributed by atoms with E-state index in [9.17, 15) is 0 Å². The molecular formula is C18H27N5O2. The Kier molecular flexibility index (Phi) is 5.45. The van der Waals surface area contributed by atoms with Crippen molar-refractivity contribution in [3.63, 3.8) is 0 Å². The van der Waals surface area contributed by atoms with E-state index in [0.29, 0.717) is 23.9 Å². The molecule has 7 heteroatoms. The number of ether oxygens (including phenoxy) is 2. The van der Waals surface area contributed by atoms with Crippen LogP contribution in [-0.2, 0) is 5.79 Å². The minimum absolute atomic E-state index is 0.380. The predicted molar refractivity (Wildman–Crippen MR) is 98.5 cm³/mol. The molecule has 1 aromatic carbocycles. The molecule has 25 heavy (non-hydrogen) atoms. The monoisotopic (exact) mass is 345 g/mol. The number of nitrogens with zero attached hydrogens (tertiary/aromatic N) is 2. The number of likely N-dealkylation sites (tertiary alicyclic amines) is 1. The van der Waals surface area contributed by atoms with Crippen LogP contribution in [-0.4, -0.2) is 44.1 Å². The molecule has 7 nitrogen and oxygen atoms in total. The van der Waals surface area contributed by atoms with E-state index in [1.165, 1.54) is 25.9 Å². The number of nitrogens with two attached hydrogens (primary N) is 2. The molecule has 136 valence electrons. The Hall–Kier alpha value is -2.25. The molecule has 0 aliphatic carbocycles. The molecule has 1 saturated heterocycles. The molecule has 1 unspecified atom stereocenters. The lowest BCUT2D eigenvalue weighted by Crippen LogP contribution is -2.49. The van der Waals surface area contributed by atoms with E-state index in [2.05, 4.69) is 15.2 Å². The molecule has 2 heterocycles. The third-order valence-electron chi connectivity index (χ3n) is 4.54. The van der Waals surface area contributed by atoms with E-state index >= 15 is 0 Å². The lowest BCUT2D eigenvalue weighted by Gasteiger charge is -2.29. The highest BCUT2D eigenvalue weighted by atomic mass is 16.5. The van der Waals surface area contributed by atoms with Gasteiger partial charge in [0.15, 0.2) is 11.5 Å². The van der Waals surface area contributed by atoms with Gasteiger partial charge in [-0.05, 0) is 56.6 Å². The fourth-order valence-electron chi connectivity index (χ4n) is 3.18. The Morgan fingerprint density at radius 3 is 2.80 bits per heavy atom. The van der Waals surface area contributed by atoms with Gasteiger partial charge in [-0.3, -0.25) is 5.73 Å². The Morgan fingerprint density at radius 1 is 1.28 bits per heavy atom. The first kappa shape index (κ1) is 17.6. The molecule has 0 aromatic heterocycles. The van der Waals surface area contributed by atoms with E-state index in [0.717, 1.165) is 18.5 Å². The molecule has 0 bridgehead atoms. The van der Waals surface area contributed by atoms with Gasteiger partial charge in [-0.15, -0.1) is 0 Å². The average Bonchev–Trinajstić information content (AvgIpc) is 3.12. The van der Waals surface area contributed by atoms with Crippen LogP contribution >= 0.6 is 0 Å². The maximum atomic E-state index is 6.34. The summed E-state index contributed by atoms with van der Waals surface area (Å²) >= 11 is 0. The number of benzene rings is 1. The second-order valence-electron chi connectivity index (χ2n) is 6.40. The maximum Gasteiger partial charge on any atom is 0.211 e. The number of aliphatic imine (C=N–C) groups is 1. The molecule has 2 aliphatic rings. The topological polar surface area (TPSA) is 98.1 Å². The second kappa shape index (κ2) is 7.76. The first-order chi connectivity index (χ1) is 12.1. The zero-order valence-corrected chi connectivity index (χ0v) is 14.7. The van der Waals surface area contributed by atoms with Crippen molar-refractivity contribution in [2.75, 3.05) is 33.4 Å². The van der Waals surface area contributed by atoms with Crippen molar-refractivity contribution in [2.45, 2.75) is 25.0 Å². The van der Waals surface area contributed by atoms with Crippen LogP contribution in [0.25, 0.3) is 0 Å². The zero-order valence-electron chi connectivity index (χ0n) is 14.7. The smallest absolute Gasteiger partial charge is 0.211 e. The summed E-state index contributed by atoms with van der Waals surface area (Å²) in [6, 6.07) is 5.56. The van der Waals surface area contributed by atoms with Gasteiger partial charge < -0.3 is 25.4 Å². The van der Waals surface area contributed by atoms with Gasteiger partial charge >= 0.3 is 0 Å². The van der Waals surface area contributed by atoms with E-state index in [1.54, 1.807) is 19.4 Å². The lowest BCUT2D eigenvalue weighted by molar-refractivity contribution is 0.253. The SMILES string of the molecule is COc1ccc(C2(N)N=C(N)C=CN2)cc1OCCCN1CCCC1. The molecule has 0 amide bonds.